The van der Waals surface area contributed by atoms with Gasteiger partial charge in [-0.15, -0.1) is 0 Å². The maximum atomic E-state index is 14.0. The van der Waals surface area contributed by atoms with Gasteiger partial charge in [0.15, 0.2) is 0 Å². The SMILES string of the molecule is CC1COCC(C)N1C(F)(F)C(C)(F)C(=O)O. The Kier molecular flexibility index (Phi) is 3.73. The molecule has 0 spiro atoms. The first-order valence-corrected chi connectivity index (χ1v) is 5.28. The predicted molar refractivity (Wildman–Crippen MR) is 53.7 cm³/mol. The van der Waals surface area contributed by atoms with Gasteiger partial charge in [0.1, 0.15) is 0 Å². The molecule has 0 amide bonds. The maximum Gasteiger partial charge on any atom is 0.349 e. The molecule has 0 aromatic rings. The van der Waals surface area contributed by atoms with E-state index in [4.69, 9.17) is 9.84 Å². The highest BCUT2D eigenvalue weighted by Gasteiger charge is 2.63. The molecule has 1 rings (SSSR count). The van der Waals surface area contributed by atoms with Crippen LogP contribution in [0.1, 0.15) is 20.8 Å². The Morgan fingerprint density at radius 1 is 1.29 bits per heavy atom. The lowest BCUT2D eigenvalue weighted by atomic mass is 10.0. The van der Waals surface area contributed by atoms with Crippen molar-refractivity contribution in [2.75, 3.05) is 13.2 Å². The Hall–Kier alpha value is -0.820. The zero-order chi connectivity index (χ0) is 13.4. The second-order valence-corrected chi connectivity index (χ2v) is 4.49. The normalized spacial score (nSPS) is 30.9. The van der Waals surface area contributed by atoms with E-state index < -0.39 is 29.8 Å². The summed E-state index contributed by atoms with van der Waals surface area (Å²) in [7, 11) is 0. The molecule has 0 aromatic heterocycles. The number of hydrogen-bond acceptors (Lipinski definition) is 3. The predicted octanol–water partition coefficient (Wildman–Crippen LogP) is 1.50. The number of rotatable bonds is 3. The maximum absolute atomic E-state index is 14.0. The topological polar surface area (TPSA) is 49.8 Å². The van der Waals surface area contributed by atoms with E-state index in [0.29, 0.717) is 11.8 Å². The Bertz CT molecular complexity index is 299. The minimum Gasteiger partial charge on any atom is -0.479 e. The third kappa shape index (κ3) is 2.26. The summed E-state index contributed by atoms with van der Waals surface area (Å²) in [5.74, 6) is -2.17. The van der Waals surface area contributed by atoms with Crippen LogP contribution in [0.5, 0.6) is 0 Å². The number of halogens is 3. The summed E-state index contributed by atoms with van der Waals surface area (Å²) < 4.78 is 46.6. The molecule has 0 bridgehead atoms. The molecule has 1 saturated heterocycles. The van der Waals surface area contributed by atoms with Crippen LogP contribution in [0.25, 0.3) is 0 Å². The Morgan fingerprint density at radius 2 is 1.71 bits per heavy atom. The van der Waals surface area contributed by atoms with Crippen molar-refractivity contribution in [3.05, 3.63) is 0 Å². The third-order valence-corrected chi connectivity index (χ3v) is 2.96. The van der Waals surface area contributed by atoms with Gasteiger partial charge in [-0.25, -0.2) is 14.1 Å². The lowest BCUT2D eigenvalue weighted by Gasteiger charge is -2.45. The summed E-state index contributed by atoms with van der Waals surface area (Å²) in [5, 5.41) is 8.57. The van der Waals surface area contributed by atoms with Crippen molar-refractivity contribution in [2.24, 2.45) is 0 Å². The summed E-state index contributed by atoms with van der Waals surface area (Å²) in [6.45, 7) is 3.32. The fourth-order valence-corrected chi connectivity index (χ4v) is 1.93. The number of carbonyl (C=O) groups is 1. The van der Waals surface area contributed by atoms with Crippen LogP contribution in [0.15, 0.2) is 0 Å². The van der Waals surface area contributed by atoms with Crippen LogP contribution in [0.4, 0.5) is 13.2 Å². The highest BCUT2D eigenvalue weighted by Crippen LogP contribution is 2.39. The molecule has 4 nitrogen and oxygen atoms in total. The zero-order valence-electron chi connectivity index (χ0n) is 9.91. The molecule has 0 aliphatic carbocycles. The molecule has 17 heavy (non-hydrogen) atoms. The molecule has 1 heterocycles. The Balaban J connectivity index is 3.06. The van der Waals surface area contributed by atoms with Gasteiger partial charge < -0.3 is 9.84 Å². The summed E-state index contributed by atoms with van der Waals surface area (Å²) >= 11 is 0. The lowest BCUT2D eigenvalue weighted by molar-refractivity contribution is -0.271. The van der Waals surface area contributed by atoms with Gasteiger partial charge in [0.25, 0.3) is 5.67 Å². The molecule has 0 aromatic carbocycles. The van der Waals surface area contributed by atoms with Crippen LogP contribution in [0, 0.1) is 0 Å². The van der Waals surface area contributed by atoms with E-state index in [1.54, 1.807) is 0 Å². The first kappa shape index (κ1) is 14.2. The van der Waals surface area contributed by atoms with E-state index in [9.17, 15) is 18.0 Å². The van der Waals surface area contributed by atoms with Crippen molar-refractivity contribution in [3.63, 3.8) is 0 Å². The van der Waals surface area contributed by atoms with Crippen molar-refractivity contribution in [3.8, 4) is 0 Å². The molecular weight excluding hydrogens is 239 g/mol. The summed E-state index contributed by atoms with van der Waals surface area (Å²) in [5.41, 5.74) is -3.63. The van der Waals surface area contributed by atoms with Crippen LogP contribution < -0.4 is 0 Å². The van der Waals surface area contributed by atoms with Crippen LogP contribution in [0.2, 0.25) is 0 Å². The van der Waals surface area contributed by atoms with Crippen molar-refractivity contribution >= 4 is 5.97 Å². The molecular formula is C10H16F3NO3. The molecule has 0 saturated carbocycles. The smallest absolute Gasteiger partial charge is 0.349 e. The number of aliphatic carboxylic acids is 1. The van der Waals surface area contributed by atoms with Gasteiger partial charge in [0, 0.05) is 12.1 Å². The van der Waals surface area contributed by atoms with E-state index in [0.717, 1.165) is 0 Å². The minimum absolute atomic E-state index is 0.0234. The molecule has 1 N–H and O–H groups in total. The van der Waals surface area contributed by atoms with Gasteiger partial charge in [0.05, 0.1) is 13.2 Å². The highest BCUT2D eigenvalue weighted by molar-refractivity contribution is 5.78. The summed E-state index contributed by atoms with van der Waals surface area (Å²) in [4.78, 5) is 11.2. The van der Waals surface area contributed by atoms with Crippen molar-refractivity contribution < 1.29 is 27.8 Å². The summed E-state index contributed by atoms with van der Waals surface area (Å²) in [6, 6.07) is -5.58. The molecule has 1 aliphatic heterocycles. The van der Waals surface area contributed by atoms with E-state index in [1.165, 1.54) is 13.8 Å². The van der Waals surface area contributed by atoms with E-state index in [-0.39, 0.29) is 13.2 Å². The van der Waals surface area contributed by atoms with Gasteiger partial charge in [-0.2, -0.15) is 8.78 Å². The molecule has 1 fully saturated rings. The number of nitrogens with zero attached hydrogens (tertiary/aromatic N) is 1. The fraction of sp³-hybridized carbons (Fsp3) is 0.900. The number of ether oxygens (including phenoxy) is 1. The second kappa shape index (κ2) is 4.45. The zero-order valence-corrected chi connectivity index (χ0v) is 9.91. The molecule has 3 unspecified atom stereocenters. The number of carboxylic acids is 1. The second-order valence-electron chi connectivity index (χ2n) is 4.49. The van der Waals surface area contributed by atoms with Gasteiger partial charge in [-0.3, -0.25) is 0 Å². The van der Waals surface area contributed by atoms with Crippen molar-refractivity contribution in [1.82, 2.24) is 4.90 Å². The van der Waals surface area contributed by atoms with Crippen molar-refractivity contribution in [2.45, 2.75) is 44.6 Å². The molecule has 3 atom stereocenters. The lowest BCUT2D eigenvalue weighted by Crippen LogP contribution is -2.66. The number of carboxylic acid groups (broad SMARTS) is 1. The Morgan fingerprint density at radius 3 is 2.06 bits per heavy atom. The monoisotopic (exact) mass is 255 g/mol. The number of alkyl halides is 3. The van der Waals surface area contributed by atoms with Crippen LogP contribution in [0.3, 0.4) is 0 Å². The Labute approximate surface area is 97.3 Å². The summed E-state index contributed by atoms with van der Waals surface area (Å²) in [6.07, 6.45) is 0. The number of morpholine rings is 1. The average molecular weight is 255 g/mol. The first-order valence-electron chi connectivity index (χ1n) is 5.28. The first-order chi connectivity index (χ1) is 7.62. The quantitative estimate of drug-likeness (QED) is 0.776. The largest absolute Gasteiger partial charge is 0.479 e. The van der Waals surface area contributed by atoms with Gasteiger partial charge in [-0.05, 0) is 20.8 Å². The molecule has 1 aliphatic rings. The van der Waals surface area contributed by atoms with Crippen LogP contribution in [-0.2, 0) is 9.53 Å². The number of hydrogen-bond donors (Lipinski definition) is 1. The minimum atomic E-state index is -4.08. The molecule has 7 heteroatoms. The van der Waals surface area contributed by atoms with Gasteiger partial charge in [-0.1, -0.05) is 0 Å². The van der Waals surface area contributed by atoms with Crippen LogP contribution >= 0.6 is 0 Å². The highest BCUT2D eigenvalue weighted by atomic mass is 19.3. The molecule has 0 radical (unpaired) electrons. The standard InChI is InChI=1S/C10H16F3NO3/c1-6-4-17-5-7(2)14(6)10(12,13)9(3,11)8(15)16/h6-7H,4-5H2,1-3H3,(H,15,16). The van der Waals surface area contributed by atoms with E-state index >= 15 is 0 Å². The fourth-order valence-electron chi connectivity index (χ4n) is 1.93. The van der Waals surface area contributed by atoms with Crippen LogP contribution in [-0.4, -0.2) is 53.0 Å². The van der Waals surface area contributed by atoms with Gasteiger partial charge in [0.2, 0.25) is 0 Å². The molecule has 100 valence electrons. The van der Waals surface area contributed by atoms with Crippen molar-refractivity contribution in [1.29, 1.82) is 0 Å². The van der Waals surface area contributed by atoms with E-state index in [2.05, 4.69) is 0 Å². The van der Waals surface area contributed by atoms with Gasteiger partial charge >= 0.3 is 12.0 Å². The van der Waals surface area contributed by atoms with E-state index in [1.807, 2.05) is 0 Å². The average Bonchev–Trinajstić information content (AvgIpc) is 2.16. The third-order valence-electron chi connectivity index (χ3n) is 2.96.